The molecule has 2 atom stereocenters. The zero-order valence-electron chi connectivity index (χ0n) is 15.2. The van der Waals surface area contributed by atoms with Gasteiger partial charge in [-0.05, 0) is 18.6 Å². The molecule has 3 heterocycles. The molecule has 9 heteroatoms. The standard InChI is InChI=1S/C18H21N5O4/c1-3-13-16-20-15(21-23(16)8-9-26-13)17(24)19-11-10-27-14-7-5-4-6-12(14)22(2)18(11)25/h4-7,11,13H,3,8-10H2,1-2H3,(H,19,24)/t11-,13-/m0/s1. The summed E-state index contributed by atoms with van der Waals surface area (Å²) in [5.74, 6) is 0.511. The Kier molecular flexibility index (Phi) is 4.53. The lowest BCUT2D eigenvalue weighted by Gasteiger charge is -2.21. The second-order valence-electron chi connectivity index (χ2n) is 6.49. The van der Waals surface area contributed by atoms with Gasteiger partial charge in [-0.2, -0.15) is 0 Å². The Morgan fingerprint density at radius 2 is 2.19 bits per heavy atom. The van der Waals surface area contributed by atoms with Crippen LogP contribution >= 0.6 is 0 Å². The van der Waals surface area contributed by atoms with Gasteiger partial charge >= 0.3 is 0 Å². The van der Waals surface area contributed by atoms with Crippen LogP contribution in [0.15, 0.2) is 24.3 Å². The van der Waals surface area contributed by atoms with E-state index in [-0.39, 0.29) is 24.4 Å². The SMILES string of the molecule is CC[C@@H]1OCCn2nc(C(=O)N[C@H]3COc4ccccc4N(C)C3=O)nc21. The average molecular weight is 371 g/mol. The van der Waals surface area contributed by atoms with E-state index < -0.39 is 11.9 Å². The number of aromatic nitrogens is 3. The summed E-state index contributed by atoms with van der Waals surface area (Å²) in [6, 6.07) is 6.43. The summed E-state index contributed by atoms with van der Waals surface area (Å²) in [6.45, 7) is 3.12. The van der Waals surface area contributed by atoms with Gasteiger partial charge in [0.15, 0.2) is 5.82 Å². The van der Waals surface area contributed by atoms with E-state index in [1.54, 1.807) is 23.9 Å². The highest BCUT2D eigenvalue weighted by molar-refractivity contribution is 6.02. The quantitative estimate of drug-likeness (QED) is 0.861. The lowest BCUT2D eigenvalue weighted by molar-refractivity contribution is -0.120. The molecule has 0 fully saturated rings. The molecule has 2 aliphatic rings. The largest absolute Gasteiger partial charge is 0.489 e. The number of likely N-dealkylation sites (N-methyl/N-ethyl adjacent to an activating group) is 1. The van der Waals surface area contributed by atoms with Crippen LogP contribution in [0.25, 0.3) is 0 Å². The molecule has 0 spiro atoms. The maximum Gasteiger partial charge on any atom is 0.291 e. The number of benzene rings is 1. The van der Waals surface area contributed by atoms with E-state index in [1.165, 1.54) is 4.90 Å². The molecule has 142 valence electrons. The number of carbonyl (C=O) groups is 2. The van der Waals surface area contributed by atoms with Crippen LogP contribution in [0.5, 0.6) is 5.75 Å². The van der Waals surface area contributed by atoms with E-state index in [2.05, 4.69) is 15.4 Å². The van der Waals surface area contributed by atoms with E-state index in [0.717, 1.165) is 6.42 Å². The van der Waals surface area contributed by atoms with Crippen molar-refractivity contribution in [3.63, 3.8) is 0 Å². The van der Waals surface area contributed by atoms with Gasteiger partial charge in [0.2, 0.25) is 5.82 Å². The number of hydrogen-bond acceptors (Lipinski definition) is 6. The third kappa shape index (κ3) is 3.14. The molecule has 0 radical (unpaired) electrons. The van der Waals surface area contributed by atoms with Crippen molar-refractivity contribution < 1.29 is 19.1 Å². The Balaban J connectivity index is 1.52. The summed E-state index contributed by atoms with van der Waals surface area (Å²) in [5, 5.41) is 6.97. The summed E-state index contributed by atoms with van der Waals surface area (Å²) in [7, 11) is 1.66. The molecule has 1 aromatic carbocycles. The minimum absolute atomic E-state index is 0.0335. The van der Waals surface area contributed by atoms with Crippen LogP contribution in [0.4, 0.5) is 5.69 Å². The number of amides is 2. The minimum atomic E-state index is -0.825. The molecule has 27 heavy (non-hydrogen) atoms. The van der Waals surface area contributed by atoms with Gasteiger partial charge < -0.3 is 19.7 Å². The number of hydrogen-bond donors (Lipinski definition) is 1. The van der Waals surface area contributed by atoms with Gasteiger partial charge in [-0.1, -0.05) is 19.1 Å². The van der Waals surface area contributed by atoms with Crippen molar-refractivity contribution in [3.05, 3.63) is 35.9 Å². The van der Waals surface area contributed by atoms with Crippen LogP contribution in [-0.4, -0.2) is 52.9 Å². The van der Waals surface area contributed by atoms with Crippen LogP contribution in [0, 0.1) is 0 Å². The van der Waals surface area contributed by atoms with Gasteiger partial charge in [-0.15, -0.1) is 5.10 Å². The van der Waals surface area contributed by atoms with Crippen molar-refractivity contribution in [1.29, 1.82) is 0 Å². The molecule has 0 aliphatic carbocycles. The van der Waals surface area contributed by atoms with Crippen molar-refractivity contribution in [1.82, 2.24) is 20.1 Å². The molecule has 2 amide bonds. The summed E-state index contributed by atoms with van der Waals surface area (Å²) in [6.07, 6.45) is 0.578. The van der Waals surface area contributed by atoms with Crippen molar-refractivity contribution in [2.45, 2.75) is 32.0 Å². The highest BCUT2D eigenvalue weighted by atomic mass is 16.5. The fourth-order valence-corrected chi connectivity index (χ4v) is 3.29. The van der Waals surface area contributed by atoms with Gasteiger partial charge in [0.1, 0.15) is 24.5 Å². The second-order valence-corrected chi connectivity index (χ2v) is 6.49. The molecule has 2 aliphatic heterocycles. The first-order chi connectivity index (χ1) is 13.1. The summed E-state index contributed by atoms with van der Waals surface area (Å²) < 4.78 is 13.0. The molecule has 9 nitrogen and oxygen atoms in total. The van der Waals surface area contributed by atoms with Gasteiger partial charge in [-0.3, -0.25) is 9.59 Å². The first-order valence-corrected chi connectivity index (χ1v) is 8.95. The Hall–Kier alpha value is -2.94. The summed E-state index contributed by atoms with van der Waals surface area (Å²) in [4.78, 5) is 31.2. The Bertz CT molecular complexity index is 880. The highest BCUT2D eigenvalue weighted by Crippen LogP contribution is 2.30. The van der Waals surface area contributed by atoms with Crippen molar-refractivity contribution in [2.24, 2.45) is 0 Å². The second kappa shape index (κ2) is 6.99. The molecule has 0 saturated carbocycles. The average Bonchev–Trinajstić information content (AvgIpc) is 3.10. The third-order valence-corrected chi connectivity index (χ3v) is 4.75. The zero-order valence-corrected chi connectivity index (χ0v) is 15.2. The number of carbonyl (C=O) groups excluding carboxylic acids is 2. The molecule has 0 bridgehead atoms. The van der Waals surface area contributed by atoms with Crippen LogP contribution < -0.4 is 15.0 Å². The van der Waals surface area contributed by atoms with Gasteiger partial charge in [0.25, 0.3) is 11.8 Å². The van der Waals surface area contributed by atoms with Gasteiger partial charge in [0, 0.05) is 7.05 Å². The van der Waals surface area contributed by atoms with E-state index in [4.69, 9.17) is 9.47 Å². The predicted molar refractivity (Wildman–Crippen MR) is 95.6 cm³/mol. The Morgan fingerprint density at radius 1 is 1.37 bits per heavy atom. The number of para-hydroxylation sites is 2. The van der Waals surface area contributed by atoms with Gasteiger partial charge in [0.05, 0.1) is 18.8 Å². The molecule has 1 aromatic heterocycles. The number of nitrogens with one attached hydrogen (secondary N) is 1. The zero-order chi connectivity index (χ0) is 19.0. The van der Waals surface area contributed by atoms with E-state index in [9.17, 15) is 9.59 Å². The van der Waals surface area contributed by atoms with E-state index in [0.29, 0.717) is 30.4 Å². The maximum absolute atomic E-state index is 12.7. The molecular weight excluding hydrogens is 350 g/mol. The lowest BCUT2D eigenvalue weighted by Crippen LogP contribution is -2.49. The van der Waals surface area contributed by atoms with Crippen LogP contribution in [0.3, 0.4) is 0 Å². The topological polar surface area (TPSA) is 98.6 Å². The molecule has 0 saturated heterocycles. The van der Waals surface area contributed by atoms with Crippen molar-refractivity contribution in [3.8, 4) is 5.75 Å². The molecule has 0 unspecified atom stereocenters. The fraction of sp³-hybridized carbons (Fsp3) is 0.444. The third-order valence-electron chi connectivity index (χ3n) is 4.75. The number of anilines is 1. The minimum Gasteiger partial charge on any atom is -0.489 e. The first-order valence-electron chi connectivity index (χ1n) is 8.95. The molecular formula is C18H21N5O4. The van der Waals surface area contributed by atoms with Crippen LogP contribution in [0.2, 0.25) is 0 Å². The monoisotopic (exact) mass is 371 g/mol. The molecule has 4 rings (SSSR count). The van der Waals surface area contributed by atoms with E-state index in [1.807, 2.05) is 19.1 Å². The number of rotatable bonds is 3. The fourth-order valence-electron chi connectivity index (χ4n) is 3.29. The normalized spacial score (nSPS) is 21.7. The van der Waals surface area contributed by atoms with Crippen LogP contribution in [0.1, 0.15) is 35.9 Å². The summed E-state index contributed by atoms with van der Waals surface area (Å²) in [5.41, 5.74) is 0.665. The Labute approximate surface area is 156 Å². The smallest absolute Gasteiger partial charge is 0.291 e. The van der Waals surface area contributed by atoms with Gasteiger partial charge in [-0.25, -0.2) is 9.67 Å². The number of fused-ring (bicyclic) bond motifs is 2. The number of nitrogens with zero attached hydrogens (tertiary/aromatic N) is 4. The molecule has 2 aromatic rings. The lowest BCUT2D eigenvalue weighted by atomic mass is 10.2. The predicted octanol–water partition coefficient (Wildman–Crippen LogP) is 0.913. The maximum atomic E-state index is 12.7. The summed E-state index contributed by atoms with van der Waals surface area (Å²) >= 11 is 0. The Morgan fingerprint density at radius 3 is 3.00 bits per heavy atom. The van der Waals surface area contributed by atoms with Crippen LogP contribution in [-0.2, 0) is 16.1 Å². The molecule has 1 N–H and O–H groups in total. The first kappa shape index (κ1) is 17.5. The van der Waals surface area contributed by atoms with E-state index >= 15 is 0 Å². The number of ether oxygens (including phenoxy) is 2. The highest BCUT2D eigenvalue weighted by Gasteiger charge is 2.32. The van der Waals surface area contributed by atoms with Crippen molar-refractivity contribution in [2.75, 3.05) is 25.2 Å². The van der Waals surface area contributed by atoms with Crippen molar-refractivity contribution >= 4 is 17.5 Å².